The third kappa shape index (κ3) is 4.01. The van der Waals surface area contributed by atoms with Gasteiger partial charge < -0.3 is 5.32 Å². The molecule has 104 valence electrons. The SMILES string of the molecule is O=C(Nc1ccccc1SC(F)F)c1cccc(Br)n1. The van der Waals surface area contributed by atoms with E-state index in [1.807, 2.05) is 0 Å². The smallest absolute Gasteiger partial charge is 0.288 e. The second kappa shape index (κ2) is 6.81. The summed E-state index contributed by atoms with van der Waals surface area (Å²) < 4.78 is 25.4. The fourth-order valence-electron chi connectivity index (χ4n) is 1.49. The molecule has 0 radical (unpaired) electrons. The summed E-state index contributed by atoms with van der Waals surface area (Å²) in [4.78, 5) is 16.3. The van der Waals surface area contributed by atoms with E-state index in [2.05, 4.69) is 26.2 Å². The van der Waals surface area contributed by atoms with E-state index in [1.54, 1.807) is 36.4 Å². The van der Waals surface area contributed by atoms with Crippen LogP contribution in [0.2, 0.25) is 0 Å². The summed E-state index contributed by atoms with van der Waals surface area (Å²) in [5, 5.41) is 2.58. The summed E-state index contributed by atoms with van der Waals surface area (Å²) in [7, 11) is 0. The number of carbonyl (C=O) groups excluding carboxylic acids is 1. The molecule has 0 fully saturated rings. The molecule has 1 aromatic carbocycles. The highest BCUT2D eigenvalue weighted by Gasteiger charge is 2.13. The molecule has 0 spiro atoms. The Hall–Kier alpha value is -1.47. The Bertz CT molecular complexity index is 625. The molecule has 0 atom stereocenters. The Morgan fingerprint density at radius 2 is 1.95 bits per heavy atom. The van der Waals surface area contributed by atoms with Gasteiger partial charge in [0.1, 0.15) is 10.3 Å². The number of anilines is 1. The first kappa shape index (κ1) is 14.9. The van der Waals surface area contributed by atoms with E-state index < -0.39 is 11.7 Å². The van der Waals surface area contributed by atoms with E-state index in [0.29, 0.717) is 26.9 Å². The first-order chi connectivity index (χ1) is 9.56. The zero-order valence-corrected chi connectivity index (χ0v) is 12.4. The Labute approximate surface area is 126 Å². The number of rotatable bonds is 4. The average Bonchev–Trinajstić information content (AvgIpc) is 2.40. The highest BCUT2D eigenvalue weighted by molar-refractivity contribution is 9.10. The number of hydrogen-bond donors (Lipinski definition) is 1. The van der Waals surface area contributed by atoms with Crippen molar-refractivity contribution in [2.45, 2.75) is 10.7 Å². The summed E-state index contributed by atoms with van der Waals surface area (Å²) in [6, 6.07) is 11.3. The van der Waals surface area contributed by atoms with E-state index >= 15 is 0 Å². The number of alkyl halides is 2. The van der Waals surface area contributed by atoms with E-state index in [0.717, 1.165) is 0 Å². The number of halogens is 3. The standard InChI is InChI=1S/C13H9BrF2N2OS/c14-11-7-3-5-9(17-11)12(19)18-8-4-1-2-6-10(8)20-13(15)16/h1-7,13H,(H,18,19). The van der Waals surface area contributed by atoms with Crippen LogP contribution in [-0.2, 0) is 0 Å². The van der Waals surface area contributed by atoms with Crippen molar-refractivity contribution in [1.29, 1.82) is 0 Å². The van der Waals surface area contributed by atoms with Gasteiger partial charge in [0.05, 0.1) is 5.69 Å². The molecule has 1 N–H and O–H groups in total. The number of benzene rings is 1. The fraction of sp³-hybridized carbons (Fsp3) is 0.0769. The lowest BCUT2D eigenvalue weighted by Crippen LogP contribution is -2.14. The van der Waals surface area contributed by atoms with Crippen LogP contribution in [-0.4, -0.2) is 16.6 Å². The van der Waals surface area contributed by atoms with E-state index in [4.69, 9.17) is 0 Å². The molecule has 0 aliphatic rings. The number of nitrogens with one attached hydrogen (secondary N) is 1. The molecule has 0 aliphatic heterocycles. The Morgan fingerprint density at radius 1 is 1.20 bits per heavy atom. The molecule has 0 saturated heterocycles. The Morgan fingerprint density at radius 3 is 2.65 bits per heavy atom. The predicted octanol–water partition coefficient (Wildman–Crippen LogP) is 4.41. The number of para-hydroxylation sites is 1. The maximum atomic E-state index is 12.4. The highest BCUT2D eigenvalue weighted by Crippen LogP contribution is 2.31. The van der Waals surface area contributed by atoms with Crippen molar-refractivity contribution in [3.8, 4) is 0 Å². The number of nitrogens with zero attached hydrogens (tertiary/aromatic N) is 1. The lowest BCUT2D eigenvalue weighted by Gasteiger charge is -2.10. The summed E-state index contributed by atoms with van der Waals surface area (Å²) in [5.41, 5.74) is 0.542. The van der Waals surface area contributed by atoms with Gasteiger partial charge in [-0.05, 0) is 40.2 Å². The van der Waals surface area contributed by atoms with E-state index in [9.17, 15) is 13.6 Å². The first-order valence-electron chi connectivity index (χ1n) is 5.54. The molecule has 1 heterocycles. The average molecular weight is 359 g/mol. The van der Waals surface area contributed by atoms with Gasteiger partial charge in [-0.2, -0.15) is 8.78 Å². The molecule has 2 aromatic rings. The lowest BCUT2D eigenvalue weighted by molar-refractivity contribution is 0.102. The third-order valence-electron chi connectivity index (χ3n) is 2.30. The van der Waals surface area contributed by atoms with Gasteiger partial charge in [-0.3, -0.25) is 4.79 Å². The maximum Gasteiger partial charge on any atom is 0.288 e. The third-order valence-corrected chi connectivity index (χ3v) is 3.53. The van der Waals surface area contributed by atoms with Crippen molar-refractivity contribution in [2.24, 2.45) is 0 Å². The van der Waals surface area contributed by atoms with Crippen LogP contribution in [0.5, 0.6) is 0 Å². The molecule has 1 amide bonds. The van der Waals surface area contributed by atoms with Crippen LogP contribution in [0.4, 0.5) is 14.5 Å². The highest BCUT2D eigenvalue weighted by atomic mass is 79.9. The molecular weight excluding hydrogens is 350 g/mol. The molecule has 0 unspecified atom stereocenters. The van der Waals surface area contributed by atoms with Crippen LogP contribution in [0, 0.1) is 0 Å². The topological polar surface area (TPSA) is 42.0 Å². The molecule has 2 rings (SSSR count). The first-order valence-corrected chi connectivity index (χ1v) is 7.21. The van der Waals surface area contributed by atoms with Crippen LogP contribution in [0.3, 0.4) is 0 Å². The zero-order valence-electron chi connectivity index (χ0n) is 10.0. The molecule has 0 saturated carbocycles. The minimum absolute atomic E-state index is 0.205. The van der Waals surface area contributed by atoms with Crippen LogP contribution in [0.1, 0.15) is 10.5 Å². The molecule has 3 nitrogen and oxygen atoms in total. The predicted molar refractivity (Wildman–Crippen MR) is 78.2 cm³/mol. The summed E-state index contributed by atoms with van der Waals surface area (Å²) in [6.45, 7) is 0. The van der Waals surface area contributed by atoms with Crippen molar-refractivity contribution < 1.29 is 13.6 Å². The minimum Gasteiger partial charge on any atom is -0.320 e. The van der Waals surface area contributed by atoms with Gasteiger partial charge in [-0.1, -0.05) is 30.0 Å². The van der Waals surface area contributed by atoms with Crippen LogP contribution in [0.25, 0.3) is 0 Å². The van der Waals surface area contributed by atoms with Gasteiger partial charge in [-0.15, -0.1) is 0 Å². The van der Waals surface area contributed by atoms with Gasteiger partial charge in [0.15, 0.2) is 0 Å². The summed E-state index contributed by atoms with van der Waals surface area (Å²) in [6.07, 6.45) is 0. The summed E-state index contributed by atoms with van der Waals surface area (Å²) >= 11 is 3.56. The zero-order chi connectivity index (χ0) is 14.5. The van der Waals surface area contributed by atoms with Gasteiger partial charge in [0.25, 0.3) is 11.7 Å². The number of pyridine rings is 1. The Balaban J connectivity index is 2.19. The Kier molecular flexibility index (Phi) is 5.08. The molecule has 1 aromatic heterocycles. The molecule has 0 bridgehead atoms. The molecular formula is C13H9BrF2N2OS. The van der Waals surface area contributed by atoms with Gasteiger partial charge in [0.2, 0.25) is 0 Å². The summed E-state index contributed by atoms with van der Waals surface area (Å²) in [5.74, 6) is -2.99. The van der Waals surface area contributed by atoms with Gasteiger partial charge >= 0.3 is 0 Å². The largest absolute Gasteiger partial charge is 0.320 e. The van der Waals surface area contributed by atoms with Crippen LogP contribution < -0.4 is 5.32 Å². The number of thioether (sulfide) groups is 1. The maximum absolute atomic E-state index is 12.4. The van der Waals surface area contributed by atoms with Gasteiger partial charge in [-0.25, -0.2) is 4.98 Å². The van der Waals surface area contributed by atoms with Crippen LogP contribution in [0.15, 0.2) is 52.0 Å². The molecule has 20 heavy (non-hydrogen) atoms. The number of amides is 1. The lowest BCUT2D eigenvalue weighted by atomic mass is 10.3. The number of aromatic nitrogens is 1. The van der Waals surface area contributed by atoms with Crippen molar-refractivity contribution in [1.82, 2.24) is 4.98 Å². The van der Waals surface area contributed by atoms with Crippen LogP contribution >= 0.6 is 27.7 Å². The van der Waals surface area contributed by atoms with Crippen molar-refractivity contribution in [3.63, 3.8) is 0 Å². The minimum atomic E-state index is -2.54. The molecule has 7 heteroatoms. The number of hydrogen-bond acceptors (Lipinski definition) is 3. The van der Waals surface area contributed by atoms with Crippen molar-refractivity contribution in [2.75, 3.05) is 5.32 Å². The van der Waals surface area contributed by atoms with Crippen molar-refractivity contribution in [3.05, 3.63) is 52.8 Å². The fourth-order valence-corrected chi connectivity index (χ4v) is 2.43. The van der Waals surface area contributed by atoms with E-state index in [-0.39, 0.29) is 5.69 Å². The van der Waals surface area contributed by atoms with E-state index in [1.165, 1.54) is 6.07 Å². The van der Waals surface area contributed by atoms with Crippen molar-refractivity contribution >= 4 is 39.3 Å². The quantitative estimate of drug-likeness (QED) is 0.650. The number of carbonyl (C=O) groups is 1. The molecule has 0 aliphatic carbocycles. The monoisotopic (exact) mass is 358 g/mol. The second-order valence-electron chi connectivity index (χ2n) is 3.67. The normalized spacial score (nSPS) is 10.6. The second-order valence-corrected chi connectivity index (χ2v) is 5.52. The van der Waals surface area contributed by atoms with Gasteiger partial charge in [0, 0.05) is 4.90 Å².